The van der Waals surface area contributed by atoms with Gasteiger partial charge in [0.1, 0.15) is 5.17 Å². The summed E-state index contributed by atoms with van der Waals surface area (Å²) in [4.78, 5) is 0. The van der Waals surface area contributed by atoms with Crippen LogP contribution in [0.15, 0.2) is 5.16 Å². The molecule has 0 bridgehead atoms. The molecule has 0 aromatic carbocycles. The van der Waals surface area contributed by atoms with E-state index in [2.05, 4.69) is 12.1 Å². The van der Waals surface area contributed by atoms with Gasteiger partial charge in [-0.1, -0.05) is 55.8 Å². The Morgan fingerprint density at radius 1 is 1.17 bits per heavy atom. The number of hydrogen-bond donors (Lipinski definition) is 1. The first-order valence-electron chi connectivity index (χ1n) is 4.67. The Morgan fingerprint density at radius 3 is 2.33 bits per heavy atom. The van der Waals surface area contributed by atoms with E-state index in [1.165, 1.54) is 32.1 Å². The molecule has 3 heteroatoms. The molecular weight excluding hydrogens is 174 g/mol. The summed E-state index contributed by atoms with van der Waals surface area (Å²) in [6, 6.07) is 0. The molecule has 1 N–H and O–H groups in total. The Morgan fingerprint density at radius 2 is 1.75 bits per heavy atom. The summed E-state index contributed by atoms with van der Waals surface area (Å²) in [5.41, 5.74) is 0. The summed E-state index contributed by atoms with van der Waals surface area (Å²) in [7, 11) is 0. The van der Waals surface area contributed by atoms with Crippen LogP contribution in [0.25, 0.3) is 0 Å². The Hall–Kier alpha value is -0.240. The van der Waals surface area contributed by atoms with Crippen molar-refractivity contribution in [2.75, 3.05) is 0 Å². The highest BCUT2D eigenvalue weighted by Gasteiger charge is 1.94. The lowest BCUT2D eigenvalue weighted by Gasteiger charge is -1.98. The van der Waals surface area contributed by atoms with Crippen molar-refractivity contribution in [3.05, 3.63) is 0 Å². The Bertz CT molecular complexity index is 126. The lowest BCUT2D eigenvalue weighted by Crippen LogP contribution is -1.87. The number of unbranched alkanes of at least 4 members (excludes halogenated alkanes) is 5. The van der Waals surface area contributed by atoms with Crippen LogP contribution in [0, 0.1) is 0 Å². The van der Waals surface area contributed by atoms with E-state index in [-0.39, 0.29) is 0 Å². The second-order valence-corrected chi connectivity index (χ2v) is 3.43. The predicted molar refractivity (Wildman–Crippen MR) is 53.1 cm³/mol. The molecule has 0 aromatic heterocycles. The highest BCUT2D eigenvalue weighted by Crippen LogP contribution is 2.08. The maximum Gasteiger partial charge on any atom is 0.145 e. The highest BCUT2D eigenvalue weighted by atomic mass is 35.5. The van der Waals surface area contributed by atoms with Gasteiger partial charge in [0.2, 0.25) is 0 Å². The first kappa shape index (κ1) is 11.8. The molecule has 0 spiro atoms. The molecule has 0 saturated carbocycles. The molecule has 0 saturated heterocycles. The molecule has 0 aliphatic carbocycles. The fourth-order valence-corrected chi connectivity index (χ4v) is 1.23. The van der Waals surface area contributed by atoms with Crippen LogP contribution >= 0.6 is 11.6 Å². The van der Waals surface area contributed by atoms with E-state index in [9.17, 15) is 0 Å². The molecule has 0 aliphatic heterocycles. The maximum atomic E-state index is 8.23. The topological polar surface area (TPSA) is 32.6 Å². The summed E-state index contributed by atoms with van der Waals surface area (Å²) < 4.78 is 0. The van der Waals surface area contributed by atoms with Crippen LogP contribution in [-0.2, 0) is 0 Å². The van der Waals surface area contributed by atoms with Gasteiger partial charge in [-0.05, 0) is 6.42 Å². The summed E-state index contributed by atoms with van der Waals surface area (Å²) in [5.74, 6) is 0. The maximum absolute atomic E-state index is 8.23. The minimum Gasteiger partial charge on any atom is -0.410 e. The minimum absolute atomic E-state index is 0.325. The van der Waals surface area contributed by atoms with E-state index in [0.717, 1.165) is 6.42 Å². The van der Waals surface area contributed by atoms with Crippen LogP contribution in [0.5, 0.6) is 0 Å². The average molecular weight is 192 g/mol. The zero-order valence-corrected chi connectivity index (χ0v) is 8.48. The van der Waals surface area contributed by atoms with E-state index >= 15 is 0 Å². The average Bonchev–Trinajstić information content (AvgIpc) is 2.10. The fraction of sp³-hybridized carbons (Fsp3) is 0.889. The molecule has 0 fully saturated rings. The zero-order valence-electron chi connectivity index (χ0n) is 7.72. The number of nitrogens with zero attached hydrogens (tertiary/aromatic N) is 1. The molecule has 0 atom stereocenters. The SMILES string of the molecule is CCCCCCCCC(Cl)=NO. The van der Waals surface area contributed by atoms with Crippen LogP contribution in [0.4, 0.5) is 0 Å². The van der Waals surface area contributed by atoms with Crippen LogP contribution in [0.2, 0.25) is 0 Å². The standard InChI is InChI=1S/C9H18ClNO/c1-2-3-4-5-6-7-8-9(10)11-12/h12H,2-8H2,1H3. The number of rotatable bonds is 7. The molecule has 0 amide bonds. The molecular formula is C9H18ClNO. The zero-order chi connectivity index (χ0) is 9.23. The van der Waals surface area contributed by atoms with Gasteiger partial charge < -0.3 is 5.21 Å². The largest absolute Gasteiger partial charge is 0.410 e. The van der Waals surface area contributed by atoms with Crippen LogP contribution in [0.1, 0.15) is 51.9 Å². The predicted octanol–water partition coefficient (Wildman–Crippen LogP) is 3.76. The van der Waals surface area contributed by atoms with Gasteiger partial charge in [0.15, 0.2) is 0 Å². The van der Waals surface area contributed by atoms with Crippen molar-refractivity contribution in [2.24, 2.45) is 5.16 Å². The molecule has 0 aliphatic rings. The Labute approximate surface area is 79.6 Å². The van der Waals surface area contributed by atoms with Crippen molar-refractivity contribution in [1.29, 1.82) is 0 Å². The first-order chi connectivity index (χ1) is 5.81. The van der Waals surface area contributed by atoms with Gasteiger partial charge in [0, 0.05) is 6.42 Å². The van der Waals surface area contributed by atoms with Crippen LogP contribution < -0.4 is 0 Å². The van der Waals surface area contributed by atoms with Gasteiger partial charge in [-0.25, -0.2) is 0 Å². The van der Waals surface area contributed by atoms with Crippen molar-refractivity contribution in [3.63, 3.8) is 0 Å². The van der Waals surface area contributed by atoms with Crippen LogP contribution in [-0.4, -0.2) is 10.4 Å². The summed E-state index contributed by atoms with van der Waals surface area (Å²) in [5, 5.41) is 11.5. The van der Waals surface area contributed by atoms with Gasteiger partial charge in [-0.3, -0.25) is 0 Å². The van der Waals surface area contributed by atoms with Gasteiger partial charge in [0.25, 0.3) is 0 Å². The van der Waals surface area contributed by atoms with Gasteiger partial charge in [-0.15, -0.1) is 0 Å². The van der Waals surface area contributed by atoms with Gasteiger partial charge >= 0.3 is 0 Å². The molecule has 0 unspecified atom stereocenters. The third kappa shape index (κ3) is 7.86. The third-order valence-corrected chi connectivity index (χ3v) is 2.11. The van der Waals surface area contributed by atoms with Crippen molar-refractivity contribution < 1.29 is 5.21 Å². The quantitative estimate of drug-likeness (QED) is 0.283. The highest BCUT2D eigenvalue weighted by molar-refractivity contribution is 6.65. The fourth-order valence-electron chi connectivity index (χ4n) is 1.10. The van der Waals surface area contributed by atoms with Crippen LogP contribution in [0.3, 0.4) is 0 Å². The Balaban J connectivity index is 3.00. The minimum atomic E-state index is 0.325. The van der Waals surface area contributed by atoms with E-state index in [4.69, 9.17) is 16.8 Å². The van der Waals surface area contributed by atoms with Crippen molar-refractivity contribution in [1.82, 2.24) is 0 Å². The smallest absolute Gasteiger partial charge is 0.145 e. The van der Waals surface area contributed by atoms with Gasteiger partial charge in [-0.2, -0.15) is 0 Å². The second-order valence-electron chi connectivity index (χ2n) is 2.99. The molecule has 0 rings (SSSR count). The molecule has 12 heavy (non-hydrogen) atoms. The summed E-state index contributed by atoms with van der Waals surface area (Å²) >= 11 is 5.51. The van der Waals surface area contributed by atoms with Crippen molar-refractivity contribution in [3.8, 4) is 0 Å². The molecule has 0 aromatic rings. The second kappa shape index (κ2) is 8.85. The lowest BCUT2D eigenvalue weighted by molar-refractivity contribution is 0.319. The van der Waals surface area contributed by atoms with E-state index in [1.54, 1.807) is 0 Å². The van der Waals surface area contributed by atoms with E-state index in [0.29, 0.717) is 11.6 Å². The number of halogens is 1. The molecule has 2 nitrogen and oxygen atoms in total. The number of hydrogen-bond acceptors (Lipinski definition) is 2. The number of oxime groups is 1. The molecule has 72 valence electrons. The van der Waals surface area contributed by atoms with E-state index in [1.807, 2.05) is 0 Å². The molecule has 0 heterocycles. The first-order valence-corrected chi connectivity index (χ1v) is 5.05. The van der Waals surface area contributed by atoms with Crippen molar-refractivity contribution >= 4 is 16.8 Å². The monoisotopic (exact) mass is 191 g/mol. The lowest BCUT2D eigenvalue weighted by atomic mass is 10.1. The normalized spacial score (nSPS) is 12.0. The summed E-state index contributed by atoms with van der Waals surface area (Å²) in [6.07, 6.45) is 8.11. The third-order valence-electron chi connectivity index (χ3n) is 1.85. The molecule has 0 radical (unpaired) electrons. The summed E-state index contributed by atoms with van der Waals surface area (Å²) in [6.45, 7) is 2.20. The van der Waals surface area contributed by atoms with Crippen molar-refractivity contribution in [2.45, 2.75) is 51.9 Å². The Kier molecular flexibility index (Phi) is 8.68. The van der Waals surface area contributed by atoms with E-state index < -0.39 is 0 Å². The van der Waals surface area contributed by atoms with Gasteiger partial charge in [0.05, 0.1) is 0 Å².